The second-order valence-corrected chi connectivity index (χ2v) is 5.70. The molecule has 0 saturated carbocycles. The van der Waals surface area contributed by atoms with Gasteiger partial charge in [-0.1, -0.05) is 26.0 Å². The zero-order valence-corrected chi connectivity index (χ0v) is 13.3. The van der Waals surface area contributed by atoms with Gasteiger partial charge in [-0.25, -0.2) is 0 Å². The molecule has 3 nitrogen and oxygen atoms in total. The summed E-state index contributed by atoms with van der Waals surface area (Å²) >= 11 is 0. The highest BCUT2D eigenvalue weighted by atomic mass is 16.5. The summed E-state index contributed by atoms with van der Waals surface area (Å²) in [5.41, 5.74) is 1.07. The van der Waals surface area contributed by atoms with Gasteiger partial charge >= 0.3 is 0 Å². The molecule has 21 heavy (non-hydrogen) atoms. The van der Waals surface area contributed by atoms with Crippen LogP contribution in [0.4, 0.5) is 0 Å². The molecule has 0 radical (unpaired) electrons. The number of rotatable bonds is 6. The Morgan fingerprint density at radius 2 is 1.24 bits per heavy atom. The van der Waals surface area contributed by atoms with Gasteiger partial charge in [0.15, 0.2) is 0 Å². The van der Waals surface area contributed by atoms with Gasteiger partial charge in [0.05, 0.1) is 11.4 Å². The molecule has 2 atom stereocenters. The smallest absolute Gasteiger partial charge is 0.108 e. The lowest BCUT2D eigenvalue weighted by Gasteiger charge is -2.39. The second-order valence-electron chi connectivity index (χ2n) is 5.70. The standard InChI is InChI=1S/C18H24N2O/c1-5-17(3,15-11-7-9-13-19-15)21-18(4,6-2)16-12-8-10-14-20-16/h7-14H,5-6H2,1-4H3. The maximum absolute atomic E-state index is 6.57. The number of nitrogens with zero attached hydrogens (tertiary/aromatic N) is 2. The third-order valence-corrected chi connectivity index (χ3v) is 4.21. The van der Waals surface area contributed by atoms with Gasteiger partial charge in [-0.15, -0.1) is 0 Å². The zero-order chi connectivity index (χ0) is 15.3. The van der Waals surface area contributed by atoms with Gasteiger partial charge in [0.2, 0.25) is 0 Å². The third-order valence-electron chi connectivity index (χ3n) is 4.21. The minimum Gasteiger partial charge on any atom is -0.357 e. The van der Waals surface area contributed by atoms with Gasteiger partial charge in [-0.2, -0.15) is 0 Å². The Morgan fingerprint density at radius 1 is 0.810 bits per heavy atom. The number of ether oxygens (including phenoxy) is 1. The fourth-order valence-corrected chi connectivity index (χ4v) is 2.46. The van der Waals surface area contributed by atoms with E-state index in [9.17, 15) is 0 Å². The fraction of sp³-hybridized carbons (Fsp3) is 0.444. The summed E-state index contributed by atoms with van der Waals surface area (Å²) in [6.45, 7) is 8.46. The first-order valence-electron chi connectivity index (χ1n) is 7.57. The van der Waals surface area contributed by atoms with E-state index in [0.717, 1.165) is 24.2 Å². The first-order valence-corrected chi connectivity index (χ1v) is 7.57. The van der Waals surface area contributed by atoms with Crippen LogP contribution in [-0.2, 0) is 15.9 Å². The molecule has 0 aliphatic carbocycles. The van der Waals surface area contributed by atoms with Crippen molar-refractivity contribution >= 4 is 0 Å². The highest BCUT2D eigenvalue weighted by molar-refractivity contribution is 5.16. The molecule has 0 N–H and O–H groups in total. The summed E-state index contributed by atoms with van der Waals surface area (Å²) < 4.78 is 6.57. The molecule has 2 aromatic heterocycles. The number of aromatic nitrogens is 2. The normalized spacial score (nSPS) is 17.0. The highest BCUT2D eigenvalue weighted by Gasteiger charge is 2.38. The largest absolute Gasteiger partial charge is 0.357 e. The molecule has 0 spiro atoms. The summed E-state index contributed by atoms with van der Waals surface area (Å²) in [7, 11) is 0. The van der Waals surface area contributed by atoms with Crippen molar-refractivity contribution in [3.63, 3.8) is 0 Å². The van der Waals surface area contributed by atoms with E-state index in [1.807, 2.05) is 48.8 Å². The van der Waals surface area contributed by atoms with Crippen LogP contribution in [-0.4, -0.2) is 9.97 Å². The lowest BCUT2D eigenvalue weighted by Crippen LogP contribution is -2.38. The summed E-state index contributed by atoms with van der Waals surface area (Å²) in [5, 5.41) is 0. The van der Waals surface area contributed by atoms with E-state index in [-0.39, 0.29) is 0 Å². The van der Waals surface area contributed by atoms with E-state index >= 15 is 0 Å². The van der Waals surface area contributed by atoms with Crippen LogP contribution in [0.3, 0.4) is 0 Å². The van der Waals surface area contributed by atoms with Crippen LogP contribution >= 0.6 is 0 Å². The summed E-state index contributed by atoms with van der Waals surface area (Å²) in [5.74, 6) is 0. The van der Waals surface area contributed by atoms with E-state index in [1.165, 1.54) is 0 Å². The van der Waals surface area contributed by atoms with Crippen molar-refractivity contribution in [1.29, 1.82) is 0 Å². The molecule has 112 valence electrons. The molecule has 2 heterocycles. The number of pyridine rings is 2. The molecule has 0 aliphatic heterocycles. The third kappa shape index (κ3) is 3.30. The summed E-state index contributed by atoms with van der Waals surface area (Å²) in [6, 6.07) is 11.9. The van der Waals surface area contributed by atoms with Gasteiger partial charge in [0.1, 0.15) is 11.2 Å². The molecular formula is C18H24N2O. The van der Waals surface area contributed by atoms with Crippen molar-refractivity contribution in [2.45, 2.75) is 51.7 Å². The summed E-state index contributed by atoms with van der Waals surface area (Å²) in [6.07, 6.45) is 5.34. The molecular weight excluding hydrogens is 260 g/mol. The first-order chi connectivity index (χ1) is 10.0. The van der Waals surface area contributed by atoms with Crippen molar-refractivity contribution in [1.82, 2.24) is 9.97 Å². The Balaban J connectivity index is 2.36. The Morgan fingerprint density at radius 3 is 1.52 bits per heavy atom. The van der Waals surface area contributed by atoms with Gasteiger partial charge in [0.25, 0.3) is 0 Å². The maximum atomic E-state index is 6.57. The molecule has 0 aliphatic rings. The predicted molar refractivity (Wildman–Crippen MR) is 84.8 cm³/mol. The van der Waals surface area contributed by atoms with Crippen molar-refractivity contribution < 1.29 is 4.74 Å². The van der Waals surface area contributed by atoms with Crippen molar-refractivity contribution in [2.24, 2.45) is 0 Å². The van der Waals surface area contributed by atoms with Gasteiger partial charge in [-0.05, 0) is 51.0 Å². The van der Waals surface area contributed by atoms with Crippen LogP contribution in [0.15, 0.2) is 48.8 Å². The van der Waals surface area contributed by atoms with Crippen molar-refractivity contribution in [2.75, 3.05) is 0 Å². The lowest BCUT2D eigenvalue weighted by atomic mass is 9.92. The maximum Gasteiger partial charge on any atom is 0.108 e. The fourth-order valence-electron chi connectivity index (χ4n) is 2.46. The Kier molecular flexibility index (Phi) is 4.73. The topological polar surface area (TPSA) is 35.0 Å². The van der Waals surface area contributed by atoms with Crippen molar-refractivity contribution in [3.8, 4) is 0 Å². The van der Waals surface area contributed by atoms with E-state index in [0.29, 0.717) is 0 Å². The van der Waals surface area contributed by atoms with E-state index < -0.39 is 11.2 Å². The quantitative estimate of drug-likeness (QED) is 0.786. The Hall–Kier alpha value is -1.74. The minimum absolute atomic E-state index is 0.427. The Labute approximate surface area is 127 Å². The van der Waals surface area contributed by atoms with Gasteiger partial charge < -0.3 is 4.74 Å². The first kappa shape index (κ1) is 15.6. The van der Waals surface area contributed by atoms with Crippen molar-refractivity contribution in [3.05, 3.63) is 60.2 Å². The monoisotopic (exact) mass is 284 g/mol. The van der Waals surface area contributed by atoms with Crippen LogP contribution in [0.2, 0.25) is 0 Å². The molecule has 0 amide bonds. The SMILES string of the molecule is CCC(C)(OC(C)(CC)c1ccccn1)c1ccccn1. The molecule has 0 saturated heterocycles. The van der Waals surface area contributed by atoms with Crippen LogP contribution in [0.1, 0.15) is 51.9 Å². The average Bonchev–Trinajstić information content (AvgIpc) is 2.56. The molecule has 0 bridgehead atoms. The molecule has 3 heteroatoms. The van der Waals surface area contributed by atoms with Gasteiger partial charge in [-0.3, -0.25) is 9.97 Å². The zero-order valence-electron chi connectivity index (χ0n) is 13.3. The van der Waals surface area contributed by atoms with E-state index in [2.05, 4.69) is 37.7 Å². The van der Waals surface area contributed by atoms with Crippen LogP contribution in [0, 0.1) is 0 Å². The molecule has 2 unspecified atom stereocenters. The highest BCUT2D eigenvalue weighted by Crippen LogP contribution is 2.38. The van der Waals surface area contributed by atoms with Crippen LogP contribution < -0.4 is 0 Å². The molecule has 2 rings (SSSR count). The summed E-state index contributed by atoms with van der Waals surface area (Å²) in [4.78, 5) is 8.98. The van der Waals surface area contributed by atoms with Crippen LogP contribution in [0.25, 0.3) is 0 Å². The average molecular weight is 284 g/mol. The van der Waals surface area contributed by atoms with Crippen LogP contribution in [0.5, 0.6) is 0 Å². The predicted octanol–water partition coefficient (Wildman–Crippen LogP) is 4.44. The van der Waals surface area contributed by atoms with E-state index in [4.69, 9.17) is 4.74 Å². The number of hydrogen-bond acceptors (Lipinski definition) is 3. The minimum atomic E-state index is -0.427. The van der Waals surface area contributed by atoms with E-state index in [1.54, 1.807) is 0 Å². The number of hydrogen-bond donors (Lipinski definition) is 0. The molecule has 2 aromatic rings. The second kappa shape index (κ2) is 6.35. The lowest BCUT2D eigenvalue weighted by molar-refractivity contribution is -0.159. The Bertz CT molecular complexity index is 506. The van der Waals surface area contributed by atoms with Gasteiger partial charge in [0, 0.05) is 12.4 Å². The molecule has 0 fully saturated rings. The molecule has 0 aromatic carbocycles.